The molecule has 0 aliphatic heterocycles. The van der Waals surface area contributed by atoms with Crippen LogP contribution < -0.4 is 0 Å². The van der Waals surface area contributed by atoms with E-state index in [1.165, 1.54) is 0 Å². The number of aliphatic carboxylic acids is 1. The SMILES string of the molecule is CC1(C)C(=O)[C@H](CC=CCCCC(=O)O)[C@@H](C=C[C@@H](O)CCc2ccccc2)[C@@H]1O. The molecule has 4 atom stereocenters. The van der Waals surface area contributed by atoms with Gasteiger partial charge >= 0.3 is 5.97 Å². The molecule has 2 rings (SSSR count). The second-order valence-corrected chi connectivity index (χ2v) is 8.68. The molecular weight excluding hydrogens is 380 g/mol. The number of Topliss-reactive ketones (excluding diaryl/α,β-unsaturated/α-hetero) is 1. The Morgan fingerprint density at radius 1 is 1.20 bits per heavy atom. The van der Waals surface area contributed by atoms with E-state index < -0.39 is 23.6 Å². The van der Waals surface area contributed by atoms with Crippen LogP contribution in [0.5, 0.6) is 0 Å². The Labute approximate surface area is 179 Å². The normalized spacial score (nSPS) is 24.7. The summed E-state index contributed by atoms with van der Waals surface area (Å²) in [6, 6.07) is 9.95. The summed E-state index contributed by atoms with van der Waals surface area (Å²) < 4.78 is 0. The summed E-state index contributed by atoms with van der Waals surface area (Å²) in [4.78, 5) is 23.4. The number of aliphatic hydroxyl groups excluding tert-OH is 2. The minimum Gasteiger partial charge on any atom is -0.481 e. The van der Waals surface area contributed by atoms with Crippen molar-refractivity contribution in [2.24, 2.45) is 17.3 Å². The van der Waals surface area contributed by atoms with Gasteiger partial charge in [-0.2, -0.15) is 0 Å². The fourth-order valence-electron chi connectivity index (χ4n) is 4.05. The summed E-state index contributed by atoms with van der Waals surface area (Å²) in [7, 11) is 0. The van der Waals surface area contributed by atoms with E-state index in [2.05, 4.69) is 0 Å². The molecule has 30 heavy (non-hydrogen) atoms. The van der Waals surface area contributed by atoms with Crippen LogP contribution in [0.3, 0.4) is 0 Å². The van der Waals surface area contributed by atoms with E-state index in [1.54, 1.807) is 26.0 Å². The highest BCUT2D eigenvalue weighted by atomic mass is 16.4. The van der Waals surface area contributed by atoms with Gasteiger partial charge in [0.1, 0.15) is 5.78 Å². The van der Waals surface area contributed by atoms with Crippen molar-refractivity contribution in [3.8, 4) is 0 Å². The Morgan fingerprint density at radius 2 is 1.90 bits per heavy atom. The molecule has 1 aliphatic rings. The number of carbonyl (C=O) groups excluding carboxylic acids is 1. The lowest BCUT2D eigenvalue weighted by Crippen LogP contribution is -2.31. The molecule has 0 spiro atoms. The van der Waals surface area contributed by atoms with Gasteiger partial charge in [-0.1, -0.05) is 68.5 Å². The molecule has 0 aromatic heterocycles. The molecule has 0 unspecified atom stereocenters. The lowest BCUT2D eigenvalue weighted by Gasteiger charge is -2.22. The first-order chi connectivity index (χ1) is 14.2. The lowest BCUT2D eigenvalue weighted by atomic mass is 9.86. The zero-order chi connectivity index (χ0) is 22.1. The van der Waals surface area contributed by atoms with E-state index >= 15 is 0 Å². The van der Waals surface area contributed by atoms with Crippen LogP contribution in [0.15, 0.2) is 54.6 Å². The molecule has 0 saturated heterocycles. The first-order valence-corrected chi connectivity index (χ1v) is 10.7. The Hall–Kier alpha value is -2.24. The number of aryl methyl sites for hydroxylation is 1. The van der Waals surface area contributed by atoms with Gasteiger partial charge < -0.3 is 15.3 Å². The summed E-state index contributed by atoms with van der Waals surface area (Å²) in [6.45, 7) is 3.53. The highest BCUT2D eigenvalue weighted by Crippen LogP contribution is 2.44. The maximum Gasteiger partial charge on any atom is 0.303 e. The Morgan fingerprint density at radius 3 is 2.57 bits per heavy atom. The van der Waals surface area contributed by atoms with Gasteiger partial charge in [-0.15, -0.1) is 0 Å². The fraction of sp³-hybridized carbons (Fsp3) is 0.520. The molecular formula is C25H34O5. The number of aliphatic hydroxyl groups is 2. The van der Waals surface area contributed by atoms with Crippen LogP contribution in [0.25, 0.3) is 0 Å². The third-order valence-electron chi connectivity index (χ3n) is 5.99. The number of hydrogen-bond acceptors (Lipinski definition) is 4. The van der Waals surface area contributed by atoms with E-state index in [0.717, 1.165) is 12.0 Å². The molecule has 164 valence electrons. The quantitative estimate of drug-likeness (QED) is 0.377. The summed E-state index contributed by atoms with van der Waals surface area (Å²) in [5.74, 6) is -1.47. The van der Waals surface area contributed by atoms with Crippen molar-refractivity contribution in [2.75, 3.05) is 0 Å². The molecule has 0 heterocycles. The van der Waals surface area contributed by atoms with Crippen LogP contribution in [-0.2, 0) is 16.0 Å². The molecule has 5 nitrogen and oxygen atoms in total. The van der Waals surface area contributed by atoms with E-state index in [0.29, 0.717) is 25.7 Å². The number of rotatable bonds is 11. The largest absolute Gasteiger partial charge is 0.481 e. The van der Waals surface area contributed by atoms with Crippen molar-refractivity contribution >= 4 is 11.8 Å². The predicted molar refractivity (Wildman–Crippen MR) is 117 cm³/mol. The Bertz CT molecular complexity index is 750. The second-order valence-electron chi connectivity index (χ2n) is 8.68. The third-order valence-corrected chi connectivity index (χ3v) is 5.99. The molecule has 1 aromatic rings. The lowest BCUT2D eigenvalue weighted by molar-refractivity contribution is -0.137. The maximum atomic E-state index is 12.8. The zero-order valence-corrected chi connectivity index (χ0v) is 17.9. The van der Waals surface area contributed by atoms with Crippen molar-refractivity contribution in [3.05, 3.63) is 60.2 Å². The molecule has 1 fully saturated rings. The summed E-state index contributed by atoms with van der Waals surface area (Å²) in [5.41, 5.74) is 0.333. The number of hydrogen-bond donors (Lipinski definition) is 3. The Kier molecular flexibility index (Phi) is 9.00. The number of benzene rings is 1. The molecule has 0 amide bonds. The van der Waals surface area contributed by atoms with E-state index in [-0.39, 0.29) is 24.0 Å². The van der Waals surface area contributed by atoms with Crippen LogP contribution in [-0.4, -0.2) is 39.3 Å². The van der Waals surface area contributed by atoms with Gasteiger partial charge in [0.05, 0.1) is 17.6 Å². The van der Waals surface area contributed by atoms with Crippen LogP contribution in [0, 0.1) is 17.3 Å². The van der Waals surface area contributed by atoms with Crippen molar-refractivity contribution in [1.29, 1.82) is 0 Å². The number of ketones is 1. The third kappa shape index (κ3) is 6.64. The fourth-order valence-corrected chi connectivity index (χ4v) is 4.05. The number of unbranched alkanes of at least 4 members (excludes halogenated alkanes) is 1. The van der Waals surface area contributed by atoms with Gasteiger partial charge in [-0.25, -0.2) is 0 Å². The smallest absolute Gasteiger partial charge is 0.303 e. The van der Waals surface area contributed by atoms with Gasteiger partial charge in [0.2, 0.25) is 0 Å². The number of carbonyl (C=O) groups is 2. The van der Waals surface area contributed by atoms with Gasteiger partial charge in [0.15, 0.2) is 0 Å². The van der Waals surface area contributed by atoms with Crippen molar-refractivity contribution in [3.63, 3.8) is 0 Å². The standard InChI is InChI=1S/C25H34O5/c1-25(2)23(29)20(12-8-3-4-9-13-22(27)28)21(24(25)30)17-16-19(26)15-14-18-10-6-5-7-11-18/h3,5-8,10-11,16-17,19-21,24,26,30H,4,9,12-15H2,1-2H3,(H,27,28)/t19-,20+,21+,24-/m0/s1. The van der Waals surface area contributed by atoms with Crippen LogP contribution in [0.4, 0.5) is 0 Å². The monoisotopic (exact) mass is 414 g/mol. The molecule has 0 bridgehead atoms. The number of carboxylic acid groups (broad SMARTS) is 1. The van der Waals surface area contributed by atoms with Crippen LogP contribution in [0.1, 0.15) is 51.5 Å². The van der Waals surface area contributed by atoms with Crippen molar-refractivity contribution in [1.82, 2.24) is 0 Å². The van der Waals surface area contributed by atoms with E-state index in [1.807, 2.05) is 42.5 Å². The first kappa shape index (κ1) is 24.0. The average molecular weight is 415 g/mol. The minimum atomic E-state index is -0.828. The molecule has 1 saturated carbocycles. The number of allylic oxidation sites excluding steroid dienone is 2. The maximum absolute atomic E-state index is 12.8. The molecule has 0 radical (unpaired) electrons. The predicted octanol–water partition coefficient (Wildman–Crippen LogP) is 3.94. The van der Waals surface area contributed by atoms with Crippen LogP contribution in [0.2, 0.25) is 0 Å². The van der Waals surface area contributed by atoms with Gasteiger partial charge in [0, 0.05) is 18.3 Å². The molecule has 1 aliphatic carbocycles. The minimum absolute atomic E-state index is 0.0265. The zero-order valence-electron chi connectivity index (χ0n) is 17.9. The average Bonchev–Trinajstić information content (AvgIpc) is 2.88. The Balaban J connectivity index is 1.95. The first-order valence-electron chi connectivity index (χ1n) is 10.7. The van der Waals surface area contributed by atoms with Gasteiger partial charge in [-0.05, 0) is 37.7 Å². The van der Waals surface area contributed by atoms with Gasteiger partial charge in [-0.3, -0.25) is 9.59 Å². The van der Waals surface area contributed by atoms with Crippen molar-refractivity contribution < 1.29 is 24.9 Å². The van der Waals surface area contributed by atoms with Crippen LogP contribution >= 0.6 is 0 Å². The number of carboxylic acids is 1. The van der Waals surface area contributed by atoms with Crippen molar-refractivity contribution in [2.45, 2.75) is 64.6 Å². The second kappa shape index (κ2) is 11.2. The molecule has 1 aromatic carbocycles. The van der Waals surface area contributed by atoms with Gasteiger partial charge in [0.25, 0.3) is 0 Å². The summed E-state index contributed by atoms with van der Waals surface area (Å²) in [6.07, 6.45) is 9.07. The van der Waals surface area contributed by atoms with E-state index in [4.69, 9.17) is 5.11 Å². The highest BCUT2D eigenvalue weighted by molar-refractivity contribution is 5.90. The topological polar surface area (TPSA) is 94.8 Å². The summed E-state index contributed by atoms with van der Waals surface area (Å²) in [5, 5.41) is 29.8. The molecule has 5 heteroatoms. The van der Waals surface area contributed by atoms with E-state index in [9.17, 15) is 19.8 Å². The molecule has 3 N–H and O–H groups in total. The highest BCUT2D eigenvalue weighted by Gasteiger charge is 2.52. The summed E-state index contributed by atoms with van der Waals surface area (Å²) >= 11 is 0.